The number of benzene rings is 1. The second kappa shape index (κ2) is 5.75. The number of likely N-dealkylation sites (N-methyl/N-ethyl adjacent to an activating group) is 1. The van der Waals surface area contributed by atoms with E-state index in [0.717, 1.165) is 12.1 Å². The Morgan fingerprint density at radius 2 is 2.04 bits per heavy atom. The highest BCUT2D eigenvalue weighted by atomic mass is 19.2. The van der Waals surface area contributed by atoms with Crippen molar-refractivity contribution in [3.63, 3.8) is 0 Å². The molecule has 0 saturated carbocycles. The van der Waals surface area contributed by atoms with Gasteiger partial charge in [0.1, 0.15) is 12.4 Å². The molecule has 0 aliphatic heterocycles. The van der Waals surface area contributed by atoms with Crippen molar-refractivity contribution in [1.29, 1.82) is 0 Å². The first kappa shape index (κ1) is 15.1. The Morgan fingerprint density at radius 3 is 2.78 bits per heavy atom. The molecule has 2 heterocycles. The van der Waals surface area contributed by atoms with Gasteiger partial charge in [0.2, 0.25) is 11.8 Å². The summed E-state index contributed by atoms with van der Waals surface area (Å²) < 4.78 is 33.4. The number of rotatable bonds is 4. The van der Waals surface area contributed by atoms with Crippen LogP contribution in [0.15, 0.2) is 16.7 Å². The summed E-state index contributed by atoms with van der Waals surface area (Å²) in [7, 11) is 1.51. The summed E-state index contributed by atoms with van der Waals surface area (Å²) in [5.41, 5.74) is 0.763. The van der Waals surface area contributed by atoms with E-state index in [0.29, 0.717) is 16.9 Å². The Morgan fingerprint density at radius 1 is 1.30 bits per heavy atom. The maximum atomic E-state index is 13.5. The lowest BCUT2D eigenvalue weighted by molar-refractivity contribution is -0.120. The van der Waals surface area contributed by atoms with Gasteiger partial charge in [-0.15, -0.1) is 0 Å². The Kier molecular flexibility index (Phi) is 3.77. The minimum absolute atomic E-state index is 0.00347. The molecule has 0 saturated heterocycles. The molecule has 3 aromatic rings. The molecule has 3 rings (SSSR count). The molecule has 0 aliphatic rings. The smallest absolute Gasteiger partial charge is 0.246 e. The number of nitrogens with zero attached hydrogens (tertiary/aromatic N) is 4. The lowest BCUT2D eigenvalue weighted by Crippen LogP contribution is -2.20. The van der Waals surface area contributed by atoms with Gasteiger partial charge in [-0.05, 0) is 6.92 Å². The van der Waals surface area contributed by atoms with Crippen LogP contribution in [-0.4, -0.2) is 32.6 Å². The lowest BCUT2D eigenvalue weighted by Gasteiger charge is -2.03. The number of carbonyl (C=O) groups is 1. The first-order valence-electron chi connectivity index (χ1n) is 6.82. The first-order chi connectivity index (χ1) is 11.0. The Labute approximate surface area is 129 Å². The number of aromatic nitrogens is 4. The van der Waals surface area contributed by atoms with Crippen LogP contribution in [0.4, 0.5) is 8.78 Å². The van der Waals surface area contributed by atoms with E-state index in [4.69, 9.17) is 4.52 Å². The van der Waals surface area contributed by atoms with E-state index in [1.807, 2.05) is 0 Å². The molecule has 0 fully saturated rings. The summed E-state index contributed by atoms with van der Waals surface area (Å²) >= 11 is 0. The Bertz CT molecular complexity index is 887. The molecule has 0 unspecified atom stereocenters. The molecule has 9 heteroatoms. The van der Waals surface area contributed by atoms with E-state index in [2.05, 4.69) is 20.4 Å². The number of aryl methyl sites for hydroxylation is 1. The molecular weight excluding hydrogens is 308 g/mol. The molecule has 0 radical (unpaired) electrons. The minimum Gasteiger partial charge on any atom is -0.359 e. The summed E-state index contributed by atoms with van der Waals surface area (Å²) in [6.07, 6.45) is 0.00347. The topological polar surface area (TPSA) is 85.8 Å². The molecular formula is C14H13F2N5O2. The summed E-state index contributed by atoms with van der Waals surface area (Å²) in [6.45, 7) is 1.85. The predicted octanol–water partition coefficient (Wildman–Crippen LogP) is 1.34. The monoisotopic (exact) mass is 321 g/mol. The zero-order chi connectivity index (χ0) is 16.6. The second-order valence-electron chi connectivity index (χ2n) is 4.95. The molecule has 0 atom stereocenters. The van der Waals surface area contributed by atoms with Crippen LogP contribution in [0, 0.1) is 18.6 Å². The highest BCUT2D eigenvalue weighted by Gasteiger charge is 2.15. The van der Waals surface area contributed by atoms with Gasteiger partial charge in [-0.1, -0.05) is 5.16 Å². The average Bonchev–Trinajstić information content (AvgIpc) is 3.06. The zero-order valence-electron chi connectivity index (χ0n) is 12.4. The van der Waals surface area contributed by atoms with E-state index in [-0.39, 0.29) is 30.6 Å². The van der Waals surface area contributed by atoms with E-state index >= 15 is 0 Å². The third-order valence-corrected chi connectivity index (χ3v) is 3.38. The maximum absolute atomic E-state index is 13.5. The summed E-state index contributed by atoms with van der Waals surface area (Å²) in [5.74, 6) is -1.10. The van der Waals surface area contributed by atoms with Gasteiger partial charge >= 0.3 is 0 Å². The molecule has 1 amide bonds. The molecule has 23 heavy (non-hydrogen) atoms. The number of halogens is 2. The van der Waals surface area contributed by atoms with Gasteiger partial charge in [-0.2, -0.15) is 4.98 Å². The Hall–Kier alpha value is -2.84. The minimum atomic E-state index is -0.954. The number of hydrogen-bond donors (Lipinski definition) is 1. The van der Waals surface area contributed by atoms with Crippen molar-refractivity contribution in [2.24, 2.45) is 0 Å². The number of amides is 1. The van der Waals surface area contributed by atoms with Crippen molar-refractivity contribution in [3.8, 4) is 0 Å². The summed E-state index contributed by atoms with van der Waals surface area (Å²) in [6, 6.07) is 2.12. The van der Waals surface area contributed by atoms with E-state index in [1.165, 1.54) is 7.05 Å². The van der Waals surface area contributed by atoms with Crippen molar-refractivity contribution in [1.82, 2.24) is 25.0 Å². The summed E-state index contributed by atoms with van der Waals surface area (Å²) in [5, 5.41) is 6.17. The summed E-state index contributed by atoms with van der Waals surface area (Å²) in [4.78, 5) is 19.6. The number of hydrogen-bond acceptors (Lipinski definition) is 5. The average molecular weight is 321 g/mol. The van der Waals surface area contributed by atoms with Gasteiger partial charge in [-0.25, -0.2) is 13.8 Å². The van der Waals surface area contributed by atoms with Crippen LogP contribution in [0.5, 0.6) is 0 Å². The fourth-order valence-electron chi connectivity index (χ4n) is 2.23. The second-order valence-corrected chi connectivity index (χ2v) is 4.95. The molecule has 0 spiro atoms. The van der Waals surface area contributed by atoms with Crippen molar-refractivity contribution < 1.29 is 18.1 Å². The number of fused-ring (bicyclic) bond motifs is 1. The van der Waals surface area contributed by atoms with Gasteiger partial charge in [0.15, 0.2) is 17.5 Å². The van der Waals surface area contributed by atoms with Crippen molar-refractivity contribution >= 4 is 16.9 Å². The Balaban J connectivity index is 1.91. The largest absolute Gasteiger partial charge is 0.359 e. The molecule has 1 aromatic carbocycles. The van der Waals surface area contributed by atoms with Gasteiger partial charge < -0.3 is 14.4 Å². The van der Waals surface area contributed by atoms with Gasteiger partial charge in [-0.3, -0.25) is 4.79 Å². The highest BCUT2D eigenvalue weighted by molar-refractivity contribution is 5.77. The van der Waals surface area contributed by atoms with Crippen LogP contribution < -0.4 is 5.32 Å². The standard InChI is InChI=1S/C14H13F2N5O2/c1-7-18-10-3-8(15)9(16)4-11(10)21(7)6-14-19-12(20-23-14)5-13(22)17-2/h3-4H,5-6H2,1-2H3,(H,17,22). The van der Waals surface area contributed by atoms with Gasteiger partial charge in [0, 0.05) is 19.2 Å². The fourth-order valence-corrected chi connectivity index (χ4v) is 2.23. The number of nitrogens with one attached hydrogen (secondary N) is 1. The quantitative estimate of drug-likeness (QED) is 0.784. The van der Waals surface area contributed by atoms with Crippen molar-refractivity contribution in [2.45, 2.75) is 19.9 Å². The van der Waals surface area contributed by atoms with E-state index in [9.17, 15) is 13.6 Å². The van der Waals surface area contributed by atoms with Crippen LogP contribution in [0.1, 0.15) is 17.5 Å². The first-order valence-corrected chi connectivity index (χ1v) is 6.82. The van der Waals surface area contributed by atoms with Gasteiger partial charge in [0.25, 0.3) is 0 Å². The zero-order valence-corrected chi connectivity index (χ0v) is 12.4. The van der Waals surface area contributed by atoms with Crippen LogP contribution in [-0.2, 0) is 17.8 Å². The van der Waals surface area contributed by atoms with Crippen molar-refractivity contribution in [2.75, 3.05) is 7.05 Å². The third-order valence-electron chi connectivity index (χ3n) is 3.38. The van der Waals surface area contributed by atoms with Crippen LogP contribution in [0.3, 0.4) is 0 Å². The van der Waals surface area contributed by atoms with Crippen molar-refractivity contribution in [3.05, 3.63) is 41.3 Å². The van der Waals surface area contributed by atoms with Crippen LogP contribution >= 0.6 is 0 Å². The fraction of sp³-hybridized carbons (Fsp3) is 0.286. The molecule has 0 bridgehead atoms. The van der Waals surface area contributed by atoms with Crippen LogP contribution in [0.25, 0.3) is 11.0 Å². The molecule has 7 nitrogen and oxygen atoms in total. The van der Waals surface area contributed by atoms with E-state index < -0.39 is 11.6 Å². The predicted molar refractivity (Wildman–Crippen MR) is 75.6 cm³/mol. The van der Waals surface area contributed by atoms with E-state index in [1.54, 1.807) is 11.5 Å². The number of imidazole rings is 1. The molecule has 120 valence electrons. The number of carbonyl (C=O) groups excluding carboxylic acids is 1. The lowest BCUT2D eigenvalue weighted by atomic mass is 10.3. The maximum Gasteiger partial charge on any atom is 0.246 e. The van der Waals surface area contributed by atoms with Gasteiger partial charge in [0.05, 0.1) is 17.5 Å². The highest BCUT2D eigenvalue weighted by Crippen LogP contribution is 2.20. The molecule has 1 N–H and O–H groups in total. The normalized spacial score (nSPS) is 11.1. The molecule has 2 aromatic heterocycles. The third kappa shape index (κ3) is 2.89. The van der Waals surface area contributed by atoms with Crippen LogP contribution in [0.2, 0.25) is 0 Å². The SMILES string of the molecule is CNC(=O)Cc1noc(Cn2c(C)nc3cc(F)c(F)cc32)n1. The molecule has 0 aliphatic carbocycles.